The van der Waals surface area contributed by atoms with Crippen LogP contribution in [0.1, 0.15) is 12.0 Å². The van der Waals surface area contributed by atoms with E-state index >= 15 is 0 Å². The molecule has 0 unspecified atom stereocenters. The second kappa shape index (κ2) is 11.7. The second-order valence-electron chi connectivity index (χ2n) is 4.82. The van der Waals surface area contributed by atoms with Crippen LogP contribution in [0.25, 0.3) is 0 Å². The van der Waals surface area contributed by atoms with E-state index in [1.54, 1.807) is 11.3 Å². The lowest BCUT2D eigenvalue weighted by Gasteiger charge is -2.22. The highest BCUT2D eigenvalue weighted by molar-refractivity contribution is 14.0. The van der Waals surface area contributed by atoms with Gasteiger partial charge in [-0.05, 0) is 12.0 Å². The van der Waals surface area contributed by atoms with Gasteiger partial charge in [-0.1, -0.05) is 42.1 Å². The molecule has 7 heteroatoms. The van der Waals surface area contributed by atoms with Crippen LogP contribution in [0.4, 0.5) is 0 Å². The van der Waals surface area contributed by atoms with Gasteiger partial charge in [-0.2, -0.15) is 0 Å². The van der Waals surface area contributed by atoms with Crippen LogP contribution in [0.5, 0.6) is 0 Å². The molecule has 1 aromatic heterocycles. The molecule has 0 saturated heterocycles. The summed E-state index contributed by atoms with van der Waals surface area (Å²) in [6, 6.07) is 10.4. The van der Waals surface area contributed by atoms with Crippen LogP contribution in [0.15, 0.2) is 51.2 Å². The van der Waals surface area contributed by atoms with E-state index in [1.807, 2.05) is 36.5 Å². The number of thiazole rings is 1. The van der Waals surface area contributed by atoms with E-state index in [1.165, 1.54) is 5.56 Å². The molecule has 0 saturated carbocycles. The molecule has 2 rings (SSSR count). The fourth-order valence-electron chi connectivity index (χ4n) is 2.03. The van der Waals surface area contributed by atoms with Gasteiger partial charge in [0.2, 0.25) is 0 Å². The lowest BCUT2D eigenvalue weighted by molar-refractivity contribution is 0.477. The molecular weight excluding hydrogens is 439 g/mol. The lowest BCUT2D eigenvalue weighted by Crippen LogP contribution is -2.39. The molecule has 0 aliphatic rings. The van der Waals surface area contributed by atoms with Crippen molar-refractivity contribution in [2.75, 3.05) is 26.4 Å². The third kappa shape index (κ3) is 7.54. The van der Waals surface area contributed by atoms with Crippen LogP contribution >= 0.6 is 47.1 Å². The summed E-state index contributed by atoms with van der Waals surface area (Å²) in [7, 11) is 3.89. The summed E-state index contributed by atoms with van der Waals surface area (Å²) in [6.45, 7) is 1.78. The van der Waals surface area contributed by atoms with Crippen LogP contribution in [0, 0.1) is 0 Å². The van der Waals surface area contributed by atoms with Crippen molar-refractivity contribution in [2.45, 2.75) is 17.3 Å². The predicted octanol–water partition coefficient (Wildman–Crippen LogP) is 3.95. The van der Waals surface area contributed by atoms with E-state index < -0.39 is 0 Å². The van der Waals surface area contributed by atoms with Crippen molar-refractivity contribution in [3.05, 3.63) is 47.5 Å². The average Bonchev–Trinajstić information content (AvgIpc) is 3.05. The van der Waals surface area contributed by atoms with E-state index in [9.17, 15) is 0 Å². The van der Waals surface area contributed by atoms with Crippen LogP contribution in [0.3, 0.4) is 0 Å². The molecule has 4 nitrogen and oxygen atoms in total. The van der Waals surface area contributed by atoms with Crippen LogP contribution < -0.4 is 5.32 Å². The minimum Gasteiger partial charge on any atom is -0.356 e. The Morgan fingerprint density at radius 1 is 1.35 bits per heavy atom. The van der Waals surface area contributed by atoms with E-state index in [0.717, 1.165) is 35.6 Å². The maximum Gasteiger partial charge on any atom is 0.193 e. The Balaban J connectivity index is 0.00000264. The summed E-state index contributed by atoms with van der Waals surface area (Å²) >= 11 is 3.51. The fraction of sp³-hybridized carbons (Fsp3) is 0.375. The number of rotatable bonds is 7. The molecular formula is C16H23IN4S2. The van der Waals surface area contributed by atoms with Gasteiger partial charge < -0.3 is 10.2 Å². The topological polar surface area (TPSA) is 40.5 Å². The van der Waals surface area contributed by atoms with E-state index in [-0.39, 0.29) is 24.0 Å². The molecule has 23 heavy (non-hydrogen) atoms. The third-order valence-electron chi connectivity index (χ3n) is 3.08. The zero-order valence-electron chi connectivity index (χ0n) is 13.4. The quantitative estimate of drug-likeness (QED) is 0.223. The number of guanidine groups is 1. The molecule has 0 bridgehead atoms. The first-order chi connectivity index (χ1) is 10.8. The molecule has 126 valence electrons. The largest absolute Gasteiger partial charge is 0.356 e. The number of halogens is 1. The van der Waals surface area contributed by atoms with E-state index in [4.69, 9.17) is 0 Å². The molecule has 1 heterocycles. The Hall–Kier alpha value is -0.800. The minimum absolute atomic E-state index is 0. The molecule has 0 aliphatic carbocycles. The van der Waals surface area contributed by atoms with Gasteiger partial charge in [0.1, 0.15) is 4.34 Å². The van der Waals surface area contributed by atoms with Crippen LogP contribution in [0.2, 0.25) is 0 Å². The van der Waals surface area contributed by atoms with Crippen molar-refractivity contribution in [1.29, 1.82) is 0 Å². The minimum atomic E-state index is 0. The van der Waals surface area contributed by atoms with Gasteiger partial charge in [-0.3, -0.25) is 4.99 Å². The second-order valence-corrected chi connectivity index (χ2v) is 7.05. The lowest BCUT2D eigenvalue weighted by atomic mass is 10.2. The number of thioether (sulfide) groups is 1. The summed E-state index contributed by atoms with van der Waals surface area (Å²) in [5.41, 5.74) is 1.28. The molecule has 0 atom stereocenters. The highest BCUT2D eigenvalue weighted by atomic mass is 127. The third-order valence-corrected chi connectivity index (χ3v) is 5.13. The Morgan fingerprint density at radius 2 is 2.13 bits per heavy atom. The Morgan fingerprint density at radius 3 is 2.78 bits per heavy atom. The number of hydrogen-bond donors (Lipinski definition) is 1. The van der Waals surface area contributed by atoms with Crippen LogP contribution in [-0.4, -0.2) is 42.2 Å². The van der Waals surface area contributed by atoms with Gasteiger partial charge in [-0.25, -0.2) is 4.98 Å². The standard InChI is InChI=1S/C16H22N4S2.HI/c1-17-15(20(2)13-14-7-4-3-5-8-14)18-9-6-11-21-16-19-10-12-22-16;/h3-5,7-8,10,12H,6,9,11,13H2,1-2H3,(H,17,18);1H. The number of aliphatic imine (C=N–C) groups is 1. The maximum absolute atomic E-state index is 4.35. The number of benzene rings is 1. The number of hydrogen-bond acceptors (Lipinski definition) is 4. The van der Waals surface area contributed by atoms with Gasteiger partial charge in [0.25, 0.3) is 0 Å². The molecule has 1 aromatic carbocycles. The smallest absolute Gasteiger partial charge is 0.193 e. The molecule has 0 aliphatic heterocycles. The maximum atomic E-state index is 4.35. The van der Waals surface area contributed by atoms with Gasteiger partial charge in [0.15, 0.2) is 5.96 Å². The zero-order valence-corrected chi connectivity index (χ0v) is 17.4. The summed E-state index contributed by atoms with van der Waals surface area (Å²) in [4.78, 5) is 10.8. The number of nitrogens with one attached hydrogen (secondary N) is 1. The van der Waals surface area contributed by atoms with Gasteiger partial charge >= 0.3 is 0 Å². The fourth-order valence-corrected chi connectivity index (χ4v) is 3.68. The van der Waals surface area contributed by atoms with Crippen molar-refractivity contribution in [3.63, 3.8) is 0 Å². The van der Waals surface area contributed by atoms with Gasteiger partial charge in [0, 0.05) is 44.5 Å². The SMILES string of the molecule is CN=C(NCCCSc1nccs1)N(C)Cc1ccccc1.I. The van der Waals surface area contributed by atoms with Gasteiger partial charge in [0.05, 0.1) is 0 Å². The normalized spacial score (nSPS) is 11.0. The number of aromatic nitrogens is 1. The summed E-state index contributed by atoms with van der Waals surface area (Å²) in [5, 5.41) is 5.43. The first kappa shape index (κ1) is 20.2. The Bertz CT molecular complexity index is 561. The molecule has 2 aromatic rings. The average molecular weight is 462 g/mol. The van der Waals surface area contributed by atoms with Crippen molar-refractivity contribution >= 4 is 53.0 Å². The van der Waals surface area contributed by atoms with Crippen molar-refractivity contribution < 1.29 is 0 Å². The summed E-state index contributed by atoms with van der Waals surface area (Å²) in [5.74, 6) is 2.00. The zero-order chi connectivity index (χ0) is 15.6. The molecule has 0 spiro atoms. The van der Waals surface area contributed by atoms with E-state index in [0.29, 0.717) is 0 Å². The van der Waals surface area contributed by atoms with E-state index in [2.05, 4.69) is 51.5 Å². The first-order valence-corrected chi connectivity index (χ1v) is 9.14. The van der Waals surface area contributed by atoms with Crippen LogP contribution in [-0.2, 0) is 6.54 Å². The molecule has 1 N–H and O–H groups in total. The molecule has 0 fully saturated rings. The highest BCUT2D eigenvalue weighted by Gasteiger charge is 2.05. The molecule has 0 amide bonds. The Labute approximate surface area is 163 Å². The number of nitrogens with zero attached hydrogens (tertiary/aromatic N) is 3. The summed E-state index contributed by atoms with van der Waals surface area (Å²) in [6.07, 6.45) is 2.94. The van der Waals surface area contributed by atoms with Crippen molar-refractivity contribution in [2.24, 2.45) is 4.99 Å². The van der Waals surface area contributed by atoms with Crippen molar-refractivity contribution in [3.8, 4) is 0 Å². The highest BCUT2D eigenvalue weighted by Crippen LogP contribution is 2.20. The van der Waals surface area contributed by atoms with Crippen molar-refractivity contribution in [1.82, 2.24) is 15.2 Å². The van der Waals surface area contributed by atoms with Gasteiger partial charge in [-0.15, -0.1) is 35.3 Å². The monoisotopic (exact) mass is 462 g/mol. The first-order valence-electron chi connectivity index (χ1n) is 7.27. The predicted molar refractivity (Wildman–Crippen MR) is 112 cm³/mol. The molecule has 0 radical (unpaired) electrons. The Kier molecular flexibility index (Phi) is 10.3. The summed E-state index contributed by atoms with van der Waals surface area (Å²) < 4.78 is 1.14.